The van der Waals surface area contributed by atoms with Crippen LogP contribution >= 0.6 is 0 Å². The first-order chi connectivity index (χ1) is 7.18. The molecule has 1 saturated heterocycles. The fraction of sp³-hybridized carbons (Fsp3) is 0.800. The Bertz CT molecular complexity index is 373. The third-order valence-corrected chi connectivity index (χ3v) is 2.79. The third-order valence-electron chi connectivity index (χ3n) is 2.79. The molecule has 0 saturated carbocycles. The average molecular weight is 210 g/mol. The number of aromatic amines is 1. The number of nitrogens with one attached hydrogen (secondary N) is 2. The fourth-order valence-electron chi connectivity index (χ4n) is 1.95. The van der Waals surface area contributed by atoms with Crippen LogP contribution in [0.5, 0.6) is 0 Å². The largest absolute Gasteiger partial charge is 0.343 e. The highest BCUT2D eigenvalue weighted by atomic mass is 16.2. The molecule has 1 fully saturated rings. The highest BCUT2D eigenvalue weighted by Crippen LogP contribution is 2.18. The van der Waals surface area contributed by atoms with Gasteiger partial charge in [-0.1, -0.05) is 6.42 Å². The van der Waals surface area contributed by atoms with Gasteiger partial charge in [-0.2, -0.15) is 5.10 Å². The van der Waals surface area contributed by atoms with E-state index >= 15 is 0 Å². The molecule has 1 aromatic heterocycles. The molecule has 1 aromatic rings. The second kappa shape index (κ2) is 4.18. The number of aromatic nitrogens is 3. The van der Waals surface area contributed by atoms with Crippen molar-refractivity contribution in [3.8, 4) is 0 Å². The molecule has 15 heavy (non-hydrogen) atoms. The molecule has 5 heteroatoms. The van der Waals surface area contributed by atoms with Crippen molar-refractivity contribution in [3.63, 3.8) is 0 Å². The molecule has 5 nitrogen and oxygen atoms in total. The Kier molecular flexibility index (Phi) is 2.90. The maximum Gasteiger partial charge on any atom is 0.343 e. The average Bonchev–Trinajstić information content (AvgIpc) is 2.62. The van der Waals surface area contributed by atoms with Crippen LogP contribution in [0.15, 0.2) is 4.79 Å². The summed E-state index contributed by atoms with van der Waals surface area (Å²) in [5, 5.41) is 7.69. The molecule has 1 aliphatic heterocycles. The quantitative estimate of drug-likeness (QED) is 0.764. The maximum atomic E-state index is 11.5. The molecule has 0 bridgehead atoms. The number of hydrogen-bond acceptors (Lipinski definition) is 3. The Morgan fingerprint density at radius 3 is 2.80 bits per heavy atom. The van der Waals surface area contributed by atoms with Crippen molar-refractivity contribution < 1.29 is 0 Å². The Labute approximate surface area is 88.9 Å². The van der Waals surface area contributed by atoms with Gasteiger partial charge in [0.1, 0.15) is 5.82 Å². The van der Waals surface area contributed by atoms with E-state index in [1.807, 2.05) is 13.8 Å². The van der Waals surface area contributed by atoms with Crippen LogP contribution in [0.4, 0.5) is 0 Å². The molecule has 0 spiro atoms. The summed E-state index contributed by atoms with van der Waals surface area (Å²) in [7, 11) is 0. The van der Waals surface area contributed by atoms with Gasteiger partial charge in [0.2, 0.25) is 0 Å². The summed E-state index contributed by atoms with van der Waals surface area (Å²) >= 11 is 0. The van der Waals surface area contributed by atoms with E-state index in [2.05, 4.69) is 15.4 Å². The van der Waals surface area contributed by atoms with E-state index in [4.69, 9.17) is 0 Å². The van der Waals surface area contributed by atoms with Crippen LogP contribution < -0.4 is 11.0 Å². The Hall–Kier alpha value is -1.10. The van der Waals surface area contributed by atoms with Crippen LogP contribution in [0.25, 0.3) is 0 Å². The first-order valence-electron chi connectivity index (χ1n) is 5.60. The molecular weight excluding hydrogens is 192 g/mol. The molecule has 2 N–H and O–H groups in total. The Morgan fingerprint density at radius 1 is 1.47 bits per heavy atom. The van der Waals surface area contributed by atoms with Crippen LogP contribution in [-0.2, 0) is 0 Å². The Morgan fingerprint density at radius 2 is 2.27 bits per heavy atom. The summed E-state index contributed by atoms with van der Waals surface area (Å²) in [6, 6.07) is 0.345. The molecule has 1 aliphatic rings. The molecule has 2 rings (SSSR count). The van der Waals surface area contributed by atoms with Crippen molar-refractivity contribution >= 4 is 0 Å². The molecule has 2 heterocycles. The van der Waals surface area contributed by atoms with Gasteiger partial charge in [0, 0.05) is 0 Å². The van der Waals surface area contributed by atoms with Crippen LogP contribution in [0.1, 0.15) is 51.0 Å². The minimum Gasteiger partial charge on any atom is -0.307 e. The van der Waals surface area contributed by atoms with E-state index in [-0.39, 0.29) is 17.8 Å². The SMILES string of the molecule is CC(C)n1nc(C2CCCCN2)[nH]c1=O. The lowest BCUT2D eigenvalue weighted by Crippen LogP contribution is -2.27. The van der Waals surface area contributed by atoms with Crippen LogP contribution in [0.3, 0.4) is 0 Å². The van der Waals surface area contributed by atoms with E-state index in [9.17, 15) is 4.79 Å². The van der Waals surface area contributed by atoms with Gasteiger partial charge in [-0.05, 0) is 33.2 Å². The van der Waals surface area contributed by atoms with Crippen LogP contribution in [0, 0.1) is 0 Å². The van der Waals surface area contributed by atoms with Gasteiger partial charge in [-0.25, -0.2) is 9.48 Å². The number of H-pyrrole nitrogens is 1. The van der Waals surface area contributed by atoms with Gasteiger partial charge in [-0.15, -0.1) is 0 Å². The zero-order chi connectivity index (χ0) is 10.8. The molecular formula is C10H18N4O. The second-order valence-corrected chi connectivity index (χ2v) is 4.36. The summed E-state index contributed by atoms with van der Waals surface area (Å²) in [5.41, 5.74) is -0.104. The summed E-state index contributed by atoms with van der Waals surface area (Å²) in [6.45, 7) is 4.93. The lowest BCUT2D eigenvalue weighted by Gasteiger charge is -2.20. The highest BCUT2D eigenvalue weighted by molar-refractivity contribution is 4.94. The van der Waals surface area contributed by atoms with E-state index in [0.717, 1.165) is 18.8 Å². The van der Waals surface area contributed by atoms with Crippen molar-refractivity contribution in [3.05, 3.63) is 16.3 Å². The lowest BCUT2D eigenvalue weighted by molar-refractivity contribution is 0.392. The first kappa shape index (κ1) is 10.4. The number of nitrogens with zero attached hydrogens (tertiary/aromatic N) is 2. The number of hydrogen-bond donors (Lipinski definition) is 2. The molecule has 1 atom stereocenters. The zero-order valence-corrected chi connectivity index (χ0v) is 9.29. The van der Waals surface area contributed by atoms with Crippen molar-refractivity contribution in [1.82, 2.24) is 20.1 Å². The third kappa shape index (κ3) is 2.12. The van der Waals surface area contributed by atoms with E-state index in [1.54, 1.807) is 0 Å². The fourth-order valence-corrected chi connectivity index (χ4v) is 1.95. The van der Waals surface area contributed by atoms with Gasteiger partial charge in [-0.3, -0.25) is 4.98 Å². The van der Waals surface area contributed by atoms with E-state index in [0.29, 0.717) is 0 Å². The van der Waals surface area contributed by atoms with Gasteiger partial charge in [0.25, 0.3) is 0 Å². The first-order valence-corrected chi connectivity index (χ1v) is 5.60. The van der Waals surface area contributed by atoms with Crippen molar-refractivity contribution in [2.45, 2.75) is 45.2 Å². The summed E-state index contributed by atoms with van der Waals surface area (Å²) in [6.07, 6.45) is 3.48. The molecule has 0 radical (unpaired) electrons. The topological polar surface area (TPSA) is 62.7 Å². The van der Waals surface area contributed by atoms with Crippen LogP contribution in [-0.4, -0.2) is 21.3 Å². The minimum absolute atomic E-state index is 0.104. The summed E-state index contributed by atoms with van der Waals surface area (Å²) < 4.78 is 1.51. The lowest BCUT2D eigenvalue weighted by atomic mass is 10.0. The number of piperidine rings is 1. The molecule has 0 amide bonds. The molecule has 84 valence electrons. The normalized spacial score (nSPS) is 22.2. The minimum atomic E-state index is -0.104. The summed E-state index contributed by atoms with van der Waals surface area (Å²) in [4.78, 5) is 14.4. The Balaban J connectivity index is 2.21. The van der Waals surface area contributed by atoms with Crippen molar-refractivity contribution in [1.29, 1.82) is 0 Å². The van der Waals surface area contributed by atoms with Gasteiger partial charge < -0.3 is 5.32 Å². The number of rotatable bonds is 2. The maximum absolute atomic E-state index is 11.5. The molecule has 0 aromatic carbocycles. The highest BCUT2D eigenvalue weighted by Gasteiger charge is 2.19. The van der Waals surface area contributed by atoms with Gasteiger partial charge in [0.15, 0.2) is 0 Å². The van der Waals surface area contributed by atoms with Gasteiger partial charge in [0.05, 0.1) is 12.1 Å². The predicted octanol–water partition coefficient (Wildman–Crippen LogP) is 0.967. The van der Waals surface area contributed by atoms with Crippen LogP contribution in [0.2, 0.25) is 0 Å². The summed E-state index contributed by atoms with van der Waals surface area (Å²) in [5.74, 6) is 0.786. The molecule has 0 aliphatic carbocycles. The zero-order valence-electron chi connectivity index (χ0n) is 9.29. The monoisotopic (exact) mass is 210 g/mol. The van der Waals surface area contributed by atoms with Crippen molar-refractivity contribution in [2.75, 3.05) is 6.54 Å². The van der Waals surface area contributed by atoms with Gasteiger partial charge >= 0.3 is 5.69 Å². The predicted molar refractivity (Wildman–Crippen MR) is 57.8 cm³/mol. The molecule has 1 unspecified atom stereocenters. The van der Waals surface area contributed by atoms with E-state index < -0.39 is 0 Å². The standard InChI is InChI=1S/C10H18N4O/c1-7(2)14-10(15)12-9(13-14)8-5-3-4-6-11-8/h7-8,11H,3-6H2,1-2H3,(H,12,13,15). The van der Waals surface area contributed by atoms with Crippen molar-refractivity contribution in [2.24, 2.45) is 0 Å². The smallest absolute Gasteiger partial charge is 0.307 e. The van der Waals surface area contributed by atoms with E-state index in [1.165, 1.54) is 17.5 Å². The second-order valence-electron chi connectivity index (χ2n) is 4.36.